The van der Waals surface area contributed by atoms with Crippen molar-refractivity contribution in [2.24, 2.45) is 0 Å². The summed E-state index contributed by atoms with van der Waals surface area (Å²) in [4.78, 5) is 9.93. The lowest BCUT2D eigenvalue weighted by molar-refractivity contribution is -0.141. The van der Waals surface area contributed by atoms with E-state index in [0.717, 1.165) is 17.7 Å². The van der Waals surface area contributed by atoms with Crippen LogP contribution in [0.1, 0.15) is 24.5 Å². The van der Waals surface area contributed by atoms with Gasteiger partial charge < -0.3 is 4.74 Å². The van der Waals surface area contributed by atoms with E-state index in [4.69, 9.17) is 0 Å². The molecule has 0 aliphatic rings. The van der Waals surface area contributed by atoms with Crippen LogP contribution in [0.15, 0.2) is 47.4 Å². The smallest absolute Gasteiger partial charge is 0.417 e. The van der Waals surface area contributed by atoms with Gasteiger partial charge in [0.25, 0.3) is 0 Å². The molecule has 0 N–H and O–H groups in total. The van der Waals surface area contributed by atoms with Crippen molar-refractivity contribution in [3.05, 3.63) is 53.6 Å². The van der Waals surface area contributed by atoms with Gasteiger partial charge in [0.05, 0.1) is 22.8 Å². The number of halogens is 3. The molecule has 0 aliphatic carbocycles. The van der Waals surface area contributed by atoms with Crippen molar-refractivity contribution < 1.29 is 31.1 Å². The molecule has 4 nitrogen and oxygen atoms in total. The summed E-state index contributed by atoms with van der Waals surface area (Å²) in [6, 6.07) is 10.1. The Hall–Kier alpha value is -2.35. The minimum absolute atomic E-state index is 0.0844. The van der Waals surface area contributed by atoms with E-state index in [1.165, 1.54) is 13.0 Å². The highest BCUT2D eigenvalue weighted by Gasteiger charge is 2.37. The number of carbonyl (C=O) groups is 1. The summed E-state index contributed by atoms with van der Waals surface area (Å²) in [5, 5.41) is 0. The molecule has 0 aromatic heterocycles. The lowest BCUT2D eigenvalue weighted by atomic mass is 10.0. The van der Waals surface area contributed by atoms with Crippen LogP contribution < -0.4 is 0 Å². The Morgan fingerprint density at radius 2 is 1.63 bits per heavy atom. The predicted molar refractivity (Wildman–Crippen MR) is 94.9 cm³/mol. The van der Waals surface area contributed by atoms with Crippen molar-refractivity contribution in [1.82, 2.24) is 0 Å². The fraction of sp³-hybridized carbons (Fsp3) is 0.316. The van der Waals surface area contributed by atoms with Crippen LogP contribution in [0.4, 0.5) is 13.2 Å². The zero-order valence-corrected chi connectivity index (χ0v) is 15.7. The third kappa shape index (κ3) is 5.56. The van der Waals surface area contributed by atoms with Crippen LogP contribution >= 0.6 is 0 Å². The predicted octanol–water partition coefficient (Wildman–Crippen LogP) is 4.41. The molecule has 27 heavy (non-hydrogen) atoms. The second-order valence-electron chi connectivity index (χ2n) is 6.09. The quantitative estimate of drug-likeness (QED) is 0.532. The molecular weight excluding hydrogens is 381 g/mol. The highest BCUT2D eigenvalue weighted by Crippen LogP contribution is 2.37. The Labute approximate surface area is 155 Å². The normalized spacial score (nSPS) is 12.0. The van der Waals surface area contributed by atoms with Crippen LogP contribution in [-0.4, -0.2) is 26.7 Å². The number of hydrogen-bond donors (Lipinski definition) is 0. The number of carbonyl (C=O) groups excluding carboxylic acids is 1. The van der Waals surface area contributed by atoms with Gasteiger partial charge in [-0.25, -0.2) is 8.42 Å². The van der Waals surface area contributed by atoms with Crippen molar-refractivity contribution in [3.63, 3.8) is 0 Å². The Morgan fingerprint density at radius 1 is 1.04 bits per heavy atom. The molecule has 0 aliphatic heterocycles. The van der Waals surface area contributed by atoms with E-state index in [0.29, 0.717) is 5.56 Å². The average Bonchev–Trinajstić information content (AvgIpc) is 2.58. The molecule has 0 radical (unpaired) electrons. The van der Waals surface area contributed by atoms with Crippen LogP contribution in [0.25, 0.3) is 11.1 Å². The highest BCUT2D eigenvalue weighted by molar-refractivity contribution is 7.91. The molecular formula is C19H19F3O4S. The minimum atomic E-state index is -4.82. The van der Waals surface area contributed by atoms with E-state index in [9.17, 15) is 26.4 Å². The summed E-state index contributed by atoms with van der Waals surface area (Å²) < 4.78 is 69.9. The fourth-order valence-corrected chi connectivity index (χ4v) is 4.03. The van der Waals surface area contributed by atoms with Crippen molar-refractivity contribution in [3.8, 4) is 11.1 Å². The van der Waals surface area contributed by atoms with E-state index >= 15 is 0 Å². The van der Waals surface area contributed by atoms with Crippen LogP contribution in [0.5, 0.6) is 0 Å². The third-order valence-corrected chi connectivity index (χ3v) is 5.72. The molecule has 2 aromatic carbocycles. The summed E-state index contributed by atoms with van der Waals surface area (Å²) in [5.41, 5.74) is 0.598. The molecule has 0 heterocycles. The van der Waals surface area contributed by atoms with Gasteiger partial charge in [-0.1, -0.05) is 35.9 Å². The minimum Gasteiger partial charge on any atom is -0.466 e. The fourth-order valence-electron chi connectivity index (χ4n) is 2.52. The zero-order valence-electron chi connectivity index (χ0n) is 14.8. The maximum absolute atomic E-state index is 13.5. The molecule has 0 fully saturated rings. The van der Waals surface area contributed by atoms with Gasteiger partial charge in [0, 0.05) is 6.92 Å². The summed E-state index contributed by atoms with van der Waals surface area (Å²) >= 11 is 0. The Balaban J connectivity index is 2.38. The molecule has 0 unspecified atom stereocenters. The lowest BCUT2D eigenvalue weighted by Crippen LogP contribution is -2.17. The van der Waals surface area contributed by atoms with Crippen LogP contribution in [0.2, 0.25) is 0 Å². The first-order chi connectivity index (χ1) is 12.5. The molecule has 0 saturated heterocycles. The maximum Gasteiger partial charge on any atom is 0.417 e. The van der Waals surface area contributed by atoms with Gasteiger partial charge >= 0.3 is 12.1 Å². The second kappa shape index (κ2) is 8.12. The Kier molecular flexibility index (Phi) is 6.30. The molecule has 0 saturated carbocycles. The Morgan fingerprint density at radius 3 is 2.19 bits per heavy atom. The summed E-state index contributed by atoms with van der Waals surface area (Å²) in [6.45, 7) is 2.85. The van der Waals surface area contributed by atoms with Gasteiger partial charge in [0.2, 0.25) is 0 Å². The number of alkyl halides is 3. The monoisotopic (exact) mass is 400 g/mol. The van der Waals surface area contributed by atoms with Gasteiger partial charge in [-0.15, -0.1) is 0 Å². The van der Waals surface area contributed by atoms with Crippen LogP contribution in [0.3, 0.4) is 0 Å². The first-order valence-corrected chi connectivity index (χ1v) is 9.80. The SMILES string of the molecule is CC(=O)OCCCS(=O)(=O)c1ccc(-c2ccc(C)cc2)cc1C(F)(F)F. The molecule has 0 amide bonds. The molecule has 146 valence electrons. The van der Waals surface area contributed by atoms with Crippen molar-refractivity contribution in [2.45, 2.75) is 31.3 Å². The first-order valence-electron chi connectivity index (χ1n) is 8.15. The van der Waals surface area contributed by atoms with Crippen LogP contribution in [-0.2, 0) is 25.5 Å². The molecule has 0 atom stereocenters. The third-order valence-electron chi connectivity index (χ3n) is 3.87. The highest BCUT2D eigenvalue weighted by atomic mass is 32.2. The number of esters is 1. The maximum atomic E-state index is 13.5. The van der Waals surface area contributed by atoms with Gasteiger partial charge in [-0.2, -0.15) is 13.2 Å². The Bertz CT molecular complexity index is 917. The van der Waals surface area contributed by atoms with E-state index in [1.807, 2.05) is 6.92 Å². The van der Waals surface area contributed by atoms with Crippen molar-refractivity contribution in [2.75, 3.05) is 12.4 Å². The topological polar surface area (TPSA) is 60.4 Å². The number of rotatable bonds is 6. The van der Waals surface area contributed by atoms with Gasteiger partial charge in [0.15, 0.2) is 9.84 Å². The number of sulfone groups is 1. The average molecular weight is 400 g/mol. The second-order valence-corrected chi connectivity index (χ2v) is 8.16. The van der Waals surface area contributed by atoms with Crippen molar-refractivity contribution >= 4 is 15.8 Å². The molecule has 2 rings (SSSR count). The molecule has 0 spiro atoms. The largest absolute Gasteiger partial charge is 0.466 e. The van der Waals surface area contributed by atoms with Crippen LogP contribution in [0, 0.1) is 6.92 Å². The van der Waals surface area contributed by atoms with Gasteiger partial charge in [-0.05, 0) is 36.6 Å². The lowest BCUT2D eigenvalue weighted by Gasteiger charge is -2.15. The van der Waals surface area contributed by atoms with Gasteiger partial charge in [-0.3, -0.25) is 4.79 Å². The van der Waals surface area contributed by atoms with E-state index < -0.39 is 38.2 Å². The number of benzene rings is 2. The van der Waals surface area contributed by atoms with Gasteiger partial charge in [0.1, 0.15) is 0 Å². The van der Waals surface area contributed by atoms with E-state index in [2.05, 4.69) is 4.74 Å². The summed E-state index contributed by atoms with van der Waals surface area (Å²) in [7, 11) is -4.19. The van der Waals surface area contributed by atoms with Crippen molar-refractivity contribution in [1.29, 1.82) is 0 Å². The molecule has 0 bridgehead atoms. The zero-order chi connectivity index (χ0) is 20.2. The summed E-state index contributed by atoms with van der Waals surface area (Å²) in [5.74, 6) is -1.13. The van der Waals surface area contributed by atoms with E-state index in [1.54, 1.807) is 24.3 Å². The summed E-state index contributed by atoms with van der Waals surface area (Å²) in [6.07, 6.45) is -4.90. The number of ether oxygens (including phenoxy) is 1. The molecule has 2 aromatic rings. The number of aryl methyl sites for hydroxylation is 1. The standard InChI is InChI=1S/C19H19F3O4S/c1-13-4-6-15(7-5-13)16-8-9-18(17(12-16)19(20,21)22)27(24,25)11-3-10-26-14(2)23/h4-9,12H,3,10-11H2,1-2H3. The molecule has 8 heteroatoms. The first kappa shape index (κ1) is 21.0. The van der Waals surface area contributed by atoms with E-state index in [-0.39, 0.29) is 18.6 Å². The number of hydrogen-bond acceptors (Lipinski definition) is 4.